The van der Waals surface area contributed by atoms with E-state index in [1.807, 2.05) is 13.8 Å². The molecule has 7 heteroatoms. The maximum absolute atomic E-state index is 12.0. The van der Waals surface area contributed by atoms with Gasteiger partial charge in [0.25, 0.3) is 0 Å². The van der Waals surface area contributed by atoms with E-state index in [2.05, 4.69) is 25.4 Å². The molecule has 1 N–H and O–H groups in total. The average Bonchev–Trinajstić information content (AvgIpc) is 2.33. The number of anilines is 1. The predicted octanol–water partition coefficient (Wildman–Crippen LogP) is 2.37. The first-order valence-electron chi connectivity index (χ1n) is 5.55. The maximum atomic E-state index is 12.0. The van der Waals surface area contributed by atoms with Gasteiger partial charge in [0.05, 0.1) is 7.11 Å². The topological polar surface area (TPSA) is 72.5 Å². The molecule has 0 saturated carbocycles. The predicted molar refractivity (Wildman–Crippen MR) is 77.6 cm³/mol. The summed E-state index contributed by atoms with van der Waals surface area (Å²) in [5.74, 6) is -0.793. The molecule has 0 bridgehead atoms. The Labute approximate surface area is 121 Å². The van der Waals surface area contributed by atoms with Crippen LogP contribution in [0.1, 0.15) is 18.1 Å². The number of methoxy groups -OCH3 is 1. The van der Waals surface area contributed by atoms with Crippen LogP contribution in [0.4, 0.5) is 5.69 Å². The van der Waals surface area contributed by atoms with Gasteiger partial charge in [0, 0.05) is 10.2 Å². The summed E-state index contributed by atoms with van der Waals surface area (Å²) in [6.07, 6.45) is 0. The number of benzene rings is 1. The van der Waals surface area contributed by atoms with E-state index in [1.54, 1.807) is 12.1 Å². The zero-order valence-corrected chi connectivity index (χ0v) is 13.6. The van der Waals surface area contributed by atoms with E-state index in [1.165, 1.54) is 6.92 Å². The van der Waals surface area contributed by atoms with E-state index in [9.17, 15) is 13.2 Å². The molecule has 1 aromatic rings. The molecule has 0 aliphatic carbocycles. The molecule has 5 nitrogen and oxygen atoms in total. The normalized spacial score (nSPS) is 12.9. The highest BCUT2D eigenvalue weighted by atomic mass is 79.9. The number of ether oxygens (including phenoxy) is 1. The largest absolute Gasteiger partial charge is 0.468 e. The maximum Gasteiger partial charge on any atom is 0.325 e. The molecule has 0 spiro atoms. The third-order valence-corrected chi connectivity index (χ3v) is 5.59. The summed E-state index contributed by atoms with van der Waals surface area (Å²) in [5.41, 5.74) is 2.24. The van der Waals surface area contributed by atoms with Crippen LogP contribution < -0.4 is 4.72 Å². The van der Waals surface area contributed by atoms with E-state index in [4.69, 9.17) is 0 Å². The fraction of sp³-hybridized carbons (Fsp3) is 0.417. The highest BCUT2D eigenvalue weighted by Crippen LogP contribution is 2.26. The van der Waals surface area contributed by atoms with Gasteiger partial charge in [0.1, 0.15) is 0 Å². The first-order chi connectivity index (χ1) is 8.69. The van der Waals surface area contributed by atoms with E-state index in [0.29, 0.717) is 5.69 Å². The van der Waals surface area contributed by atoms with Crippen molar-refractivity contribution >= 4 is 37.6 Å². The molecule has 1 atom stereocenters. The molecule has 0 aromatic heterocycles. The Hall–Kier alpha value is -1.08. The van der Waals surface area contributed by atoms with Crippen molar-refractivity contribution in [1.29, 1.82) is 0 Å². The number of nitrogens with one attached hydrogen (secondary N) is 1. The van der Waals surface area contributed by atoms with Gasteiger partial charge in [-0.05, 0) is 44.0 Å². The van der Waals surface area contributed by atoms with Crippen molar-refractivity contribution in [3.8, 4) is 0 Å². The van der Waals surface area contributed by atoms with Crippen LogP contribution in [0.3, 0.4) is 0 Å². The van der Waals surface area contributed by atoms with Crippen molar-refractivity contribution in [2.45, 2.75) is 26.0 Å². The summed E-state index contributed by atoms with van der Waals surface area (Å²) < 4.78 is 31.7. The molecule has 0 saturated heterocycles. The molecule has 0 aliphatic rings. The summed E-state index contributed by atoms with van der Waals surface area (Å²) in [7, 11) is -2.66. The lowest BCUT2D eigenvalue weighted by molar-refractivity contribution is -0.139. The Kier molecular flexibility index (Phi) is 4.98. The summed E-state index contributed by atoms with van der Waals surface area (Å²) in [5, 5.41) is -1.26. The summed E-state index contributed by atoms with van der Waals surface area (Å²) in [4.78, 5) is 11.3. The quantitative estimate of drug-likeness (QED) is 0.847. The van der Waals surface area contributed by atoms with Gasteiger partial charge in [0.15, 0.2) is 5.25 Å². The van der Waals surface area contributed by atoms with E-state index >= 15 is 0 Å². The van der Waals surface area contributed by atoms with Crippen LogP contribution in [0.5, 0.6) is 0 Å². The molecular formula is C12H16BrNO4S. The minimum Gasteiger partial charge on any atom is -0.468 e. The molecule has 1 unspecified atom stereocenters. The van der Waals surface area contributed by atoms with Gasteiger partial charge in [-0.2, -0.15) is 0 Å². The minimum absolute atomic E-state index is 0.425. The smallest absolute Gasteiger partial charge is 0.325 e. The van der Waals surface area contributed by atoms with Crippen LogP contribution in [-0.4, -0.2) is 26.7 Å². The Balaban J connectivity index is 3.06. The number of aryl methyl sites for hydroxylation is 2. The van der Waals surface area contributed by atoms with Gasteiger partial charge in [-0.1, -0.05) is 15.9 Å². The van der Waals surface area contributed by atoms with Gasteiger partial charge in [-0.3, -0.25) is 9.52 Å². The fourth-order valence-corrected chi connectivity index (χ4v) is 2.75. The second kappa shape index (κ2) is 5.92. The van der Waals surface area contributed by atoms with E-state index in [-0.39, 0.29) is 0 Å². The van der Waals surface area contributed by atoms with Crippen LogP contribution in [0.15, 0.2) is 16.6 Å². The second-order valence-electron chi connectivity index (χ2n) is 4.24. The van der Waals surface area contributed by atoms with E-state index < -0.39 is 21.2 Å². The van der Waals surface area contributed by atoms with Crippen LogP contribution in [-0.2, 0) is 19.6 Å². The molecule has 0 heterocycles. The summed E-state index contributed by atoms with van der Waals surface area (Å²) in [6.45, 7) is 5.00. The van der Waals surface area contributed by atoms with Crippen LogP contribution in [0.2, 0.25) is 0 Å². The zero-order chi connectivity index (χ0) is 14.8. The van der Waals surface area contributed by atoms with Gasteiger partial charge in [-0.15, -0.1) is 0 Å². The fourth-order valence-electron chi connectivity index (χ4n) is 1.55. The first kappa shape index (κ1) is 16.0. The number of carbonyl (C=O) groups excluding carboxylic acids is 1. The standard InChI is InChI=1S/C12H16BrNO4S/c1-7-5-10(6-8(2)11(7)13)14-19(16,17)9(3)12(15)18-4/h5-6,9,14H,1-4H3. The highest BCUT2D eigenvalue weighted by molar-refractivity contribution is 9.10. The van der Waals surface area contributed by atoms with Crippen LogP contribution >= 0.6 is 15.9 Å². The van der Waals surface area contributed by atoms with Gasteiger partial charge in [0.2, 0.25) is 10.0 Å². The Morgan fingerprint density at radius 2 is 1.79 bits per heavy atom. The average molecular weight is 350 g/mol. The van der Waals surface area contributed by atoms with Crippen molar-refractivity contribution in [3.05, 3.63) is 27.7 Å². The summed E-state index contributed by atoms with van der Waals surface area (Å²) >= 11 is 3.40. The minimum atomic E-state index is -3.81. The molecular weight excluding hydrogens is 334 g/mol. The monoisotopic (exact) mass is 349 g/mol. The lowest BCUT2D eigenvalue weighted by Gasteiger charge is -2.14. The lowest BCUT2D eigenvalue weighted by Crippen LogP contribution is -2.33. The third kappa shape index (κ3) is 3.70. The molecule has 0 fully saturated rings. The number of sulfonamides is 1. The number of carbonyl (C=O) groups is 1. The van der Waals surface area contributed by atoms with Crippen molar-refractivity contribution < 1.29 is 17.9 Å². The van der Waals surface area contributed by atoms with E-state index in [0.717, 1.165) is 22.7 Å². The number of hydrogen-bond donors (Lipinski definition) is 1. The van der Waals surface area contributed by atoms with Crippen molar-refractivity contribution in [2.75, 3.05) is 11.8 Å². The van der Waals surface area contributed by atoms with Crippen molar-refractivity contribution in [1.82, 2.24) is 0 Å². The Bertz CT molecular complexity index is 575. The van der Waals surface area contributed by atoms with Crippen molar-refractivity contribution in [3.63, 3.8) is 0 Å². The highest BCUT2D eigenvalue weighted by Gasteiger charge is 2.29. The second-order valence-corrected chi connectivity index (χ2v) is 7.03. The zero-order valence-electron chi connectivity index (χ0n) is 11.2. The molecule has 1 rings (SSSR count). The number of hydrogen-bond acceptors (Lipinski definition) is 4. The van der Waals surface area contributed by atoms with Crippen LogP contribution in [0.25, 0.3) is 0 Å². The van der Waals surface area contributed by atoms with Gasteiger partial charge < -0.3 is 4.74 Å². The molecule has 19 heavy (non-hydrogen) atoms. The molecule has 106 valence electrons. The number of rotatable bonds is 4. The third-order valence-electron chi connectivity index (χ3n) is 2.70. The SMILES string of the molecule is COC(=O)C(C)S(=O)(=O)Nc1cc(C)c(Br)c(C)c1. The van der Waals surface area contributed by atoms with Crippen LogP contribution in [0, 0.1) is 13.8 Å². The lowest BCUT2D eigenvalue weighted by atomic mass is 10.1. The number of esters is 1. The molecule has 0 aliphatic heterocycles. The molecule has 1 aromatic carbocycles. The molecule has 0 amide bonds. The summed E-state index contributed by atoms with van der Waals surface area (Å²) in [6, 6.07) is 3.39. The molecule has 0 radical (unpaired) electrons. The van der Waals surface area contributed by atoms with Gasteiger partial charge in [-0.25, -0.2) is 8.42 Å². The Morgan fingerprint density at radius 3 is 2.21 bits per heavy atom. The first-order valence-corrected chi connectivity index (χ1v) is 7.89. The van der Waals surface area contributed by atoms with Crippen molar-refractivity contribution in [2.24, 2.45) is 0 Å². The number of halogens is 1. The van der Waals surface area contributed by atoms with Gasteiger partial charge >= 0.3 is 5.97 Å². The Morgan fingerprint density at radius 1 is 1.32 bits per heavy atom.